The molecular formula is C21H18N4O3. The van der Waals surface area contributed by atoms with Crippen molar-refractivity contribution in [3.8, 4) is 12.3 Å². The van der Waals surface area contributed by atoms with Crippen LogP contribution in [-0.2, 0) is 17.8 Å². The average molecular weight is 374 g/mol. The molecular weight excluding hydrogens is 356 g/mol. The van der Waals surface area contributed by atoms with E-state index in [1.54, 1.807) is 18.3 Å². The number of rotatable bonds is 6. The van der Waals surface area contributed by atoms with E-state index in [1.165, 1.54) is 12.1 Å². The highest BCUT2D eigenvalue weighted by molar-refractivity contribution is 6.01. The molecule has 1 heterocycles. The molecule has 3 rings (SSSR count). The summed E-state index contributed by atoms with van der Waals surface area (Å²) >= 11 is 0. The van der Waals surface area contributed by atoms with Gasteiger partial charge in [-0.25, -0.2) is 5.43 Å². The van der Waals surface area contributed by atoms with Gasteiger partial charge in [-0.05, 0) is 18.6 Å². The number of nitro groups is 1. The molecule has 7 heteroatoms. The first kappa shape index (κ1) is 18.9. The summed E-state index contributed by atoms with van der Waals surface area (Å²) in [5, 5.41) is 15.7. The number of nitrogens with one attached hydrogen (secondary N) is 1. The molecule has 0 saturated carbocycles. The lowest BCUT2D eigenvalue weighted by Gasteiger charge is -2.03. The third-order valence-electron chi connectivity index (χ3n) is 4.42. The molecule has 0 aliphatic rings. The van der Waals surface area contributed by atoms with Crippen molar-refractivity contribution < 1.29 is 9.72 Å². The number of aromatic nitrogens is 1. The first-order valence-electron chi connectivity index (χ1n) is 8.57. The third kappa shape index (κ3) is 3.91. The van der Waals surface area contributed by atoms with Crippen LogP contribution in [0, 0.1) is 29.4 Å². The van der Waals surface area contributed by atoms with Crippen LogP contribution in [0.1, 0.15) is 16.8 Å². The first-order chi connectivity index (χ1) is 13.5. The lowest BCUT2D eigenvalue weighted by molar-refractivity contribution is -0.384. The topological polar surface area (TPSA) is 89.5 Å². The van der Waals surface area contributed by atoms with Crippen LogP contribution < -0.4 is 5.43 Å². The maximum atomic E-state index is 12.1. The molecule has 0 aliphatic carbocycles. The number of amides is 1. The SMILES string of the molecule is C#CCn1c(C)c(/C=N\NC(=O)Cc2ccc([N+](=O)[O-])cc2)c2ccccc21. The minimum Gasteiger partial charge on any atom is -0.333 e. The highest BCUT2D eigenvalue weighted by Gasteiger charge is 2.12. The Balaban J connectivity index is 1.72. The second-order valence-corrected chi connectivity index (χ2v) is 6.20. The summed E-state index contributed by atoms with van der Waals surface area (Å²) in [4.78, 5) is 22.3. The van der Waals surface area contributed by atoms with Crippen LogP contribution in [0.4, 0.5) is 5.69 Å². The van der Waals surface area contributed by atoms with Crippen molar-refractivity contribution in [2.45, 2.75) is 19.9 Å². The molecule has 0 aliphatic heterocycles. The van der Waals surface area contributed by atoms with Crippen molar-refractivity contribution in [1.82, 2.24) is 9.99 Å². The van der Waals surface area contributed by atoms with E-state index in [0.717, 1.165) is 22.2 Å². The summed E-state index contributed by atoms with van der Waals surface area (Å²) in [5.74, 6) is 2.34. The third-order valence-corrected chi connectivity index (χ3v) is 4.42. The van der Waals surface area contributed by atoms with Gasteiger partial charge in [-0.15, -0.1) is 6.42 Å². The Bertz CT molecular complexity index is 1110. The van der Waals surface area contributed by atoms with Crippen LogP contribution in [0.2, 0.25) is 0 Å². The number of nitrogens with zero attached hydrogens (tertiary/aromatic N) is 3. The van der Waals surface area contributed by atoms with Crippen LogP contribution in [0.25, 0.3) is 10.9 Å². The van der Waals surface area contributed by atoms with E-state index >= 15 is 0 Å². The van der Waals surface area contributed by atoms with E-state index in [-0.39, 0.29) is 18.0 Å². The predicted octanol–water partition coefficient (Wildman–Crippen LogP) is 3.18. The van der Waals surface area contributed by atoms with Crippen molar-refractivity contribution in [1.29, 1.82) is 0 Å². The van der Waals surface area contributed by atoms with Crippen LogP contribution in [-0.4, -0.2) is 21.6 Å². The van der Waals surface area contributed by atoms with Crippen molar-refractivity contribution in [3.63, 3.8) is 0 Å². The quantitative estimate of drug-likeness (QED) is 0.311. The summed E-state index contributed by atoms with van der Waals surface area (Å²) < 4.78 is 2.02. The van der Waals surface area contributed by atoms with Gasteiger partial charge in [0.15, 0.2) is 0 Å². The number of hydrazone groups is 1. The van der Waals surface area contributed by atoms with E-state index in [4.69, 9.17) is 6.42 Å². The second-order valence-electron chi connectivity index (χ2n) is 6.20. The highest BCUT2D eigenvalue weighted by Crippen LogP contribution is 2.24. The fraction of sp³-hybridized carbons (Fsp3) is 0.143. The van der Waals surface area contributed by atoms with E-state index in [2.05, 4.69) is 16.4 Å². The fourth-order valence-electron chi connectivity index (χ4n) is 3.05. The first-order valence-corrected chi connectivity index (χ1v) is 8.57. The van der Waals surface area contributed by atoms with Gasteiger partial charge in [-0.1, -0.05) is 36.3 Å². The minimum absolute atomic E-state index is 0.0130. The van der Waals surface area contributed by atoms with Crippen molar-refractivity contribution in [2.75, 3.05) is 0 Å². The van der Waals surface area contributed by atoms with Crippen LogP contribution in [0.15, 0.2) is 53.6 Å². The average Bonchev–Trinajstić information content (AvgIpc) is 2.95. The predicted molar refractivity (Wildman–Crippen MR) is 108 cm³/mol. The van der Waals surface area contributed by atoms with Crippen LogP contribution in [0.5, 0.6) is 0 Å². The molecule has 0 unspecified atom stereocenters. The zero-order valence-corrected chi connectivity index (χ0v) is 15.3. The Morgan fingerprint density at radius 2 is 2.00 bits per heavy atom. The van der Waals surface area contributed by atoms with E-state index in [9.17, 15) is 14.9 Å². The molecule has 0 bridgehead atoms. The Morgan fingerprint density at radius 1 is 1.29 bits per heavy atom. The summed E-state index contributed by atoms with van der Waals surface area (Å²) in [6.45, 7) is 2.41. The maximum absolute atomic E-state index is 12.1. The van der Waals surface area contributed by atoms with E-state index in [0.29, 0.717) is 12.1 Å². The maximum Gasteiger partial charge on any atom is 0.269 e. The van der Waals surface area contributed by atoms with Crippen molar-refractivity contribution >= 4 is 28.7 Å². The number of non-ortho nitro benzene ring substituents is 1. The molecule has 140 valence electrons. The van der Waals surface area contributed by atoms with Gasteiger partial charge >= 0.3 is 0 Å². The van der Waals surface area contributed by atoms with Crippen LogP contribution in [0.3, 0.4) is 0 Å². The van der Waals surface area contributed by atoms with Gasteiger partial charge in [0.2, 0.25) is 5.91 Å². The number of terminal acetylenes is 1. The normalized spacial score (nSPS) is 10.9. The fourth-order valence-corrected chi connectivity index (χ4v) is 3.05. The Labute approximate surface area is 161 Å². The van der Waals surface area contributed by atoms with Crippen molar-refractivity contribution in [3.05, 3.63) is 75.5 Å². The lowest BCUT2D eigenvalue weighted by atomic mass is 10.1. The van der Waals surface area contributed by atoms with E-state index in [1.807, 2.05) is 35.8 Å². The zero-order valence-electron chi connectivity index (χ0n) is 15.3. The molecule has 1 N–H and O–H groups in total. The molecule has 0 fully saturated rings. The smallest absolute Gasteiger partial charge is 0.269 e. The Morgan fingerprint density at radius 3 is 2.68 bits per heavy atom. The largest absolute Gasteiger partial charge is 0.333 e. The number of para-hydroxylation sites is 1. The second kappa shape index (κ2) is 8.18. The molecule has 0 spiro atoms. The summed E-state index contributed by atoms with van der Waals surface area (Å²) in [7, 11) is 0. The number of carbonyl (C=O) groups excluding carboxylic acids is 1. The Kier molecular flexibility index (Phi) is 5.51. The number of carbonyl (C=O) groups is 1. The molecule has 0 atom stereocenters. The molecule has 0 saturated heterocycles. The van der Waals surface area contributed by atoms with Gasteiger partial charge in [0.25, 0.3) is 5.69 Å². The van der Waals surface area contributed by atoms with Gasteiger partial charge in [-0.2, -0.15) is 5.10 Å². The zero-order chi connectivity index (χ0) is 20.1. The number of fused-ring (bicyclic) bond motifs is 1. The molecule has 7 nitrogen and oxygen atoms in total. The molecule has 1 amide bonds. The van der Waals surface area contributed by atoms with Gasteiger partial charge in [0, 0.05) is 34.3 Å². The summed E-state index contributed by atoms with van der Waals surface area (Å²) in [6.07, 6.45) is 7.16. The monoisotopic (exact) mass is 374 g/mol. The lowest BCUT2D eigenvalue weighted by Crippen LogP contribution is -2.19. The number of nitro benzene ring substituents is 1. The number of hydrogen-bond acceptors (Lipinski definition) is 4. The molecule has 28 heavy (non-hydrogen) atoms. The number of hydrogen-bond donors (Lipinski definition) is 1. The molecule has 0 radical (unpaired) electrons. The molecule has 1 aromatic heterocycles. The van der Waals surface area contributed by atoms with Crippen LogP contribution >= 0.6 is 0 Å². The van der Waals surface area contributed by atoms with Gasteiger partial charge in [-0.3, -0.25) is 14.9 Å². The van der Waals surface area contributed by atoms with E-state index < -0.39 is 4.92 Å². The standard InChI is InChI=1S/C21H18N4O3/c1-3-12-24-15(2)19(18-6-4-5-7-20(18)24)14-22-23-21(26)13-16-8-10-17(11-9-16)25(27)28/h1,4-11,14H,12-13H2,2H3,(H,23,26)/b22-14-. The summed E-state index contributed by atoms with van der Waals surface area (Å²) in [5.41, 5.74) is 6.02. The number of benzene rings is 2. The van der Waals surface area contributed by atoms with Gasteiger partial charge < -0.3 is 4.57 Å². The molecule has 3 aromatic rings. The summed E-state index contributed by atoms with van der Waals surface area (Å²) in [6, 6.07) is 13.7. The highest BCUT2D eigenvalue weighted by atomic mass is 16.6. The van der Waals surface area contributed by atoms with Gasteiger partial charge in [0.05, 0.1) is 24.1 Å². The van der Waals surface area contributed by atoms with Gasteiger partial charge in [0.1, 0.15) is 0 Å². The minimum atomic E-state index is -0.479. The Hall–Kier alpha value is -3.92. The van der Waals surface area contributed by atoms with Crippen molar-refractivity contribution in [2.24, 2.45) is 5.10 Å². The molecule has 2 aromatic carbocycles.